The van der Waals surface area contributed by atoms with Crippen molar-refractivity contribution >= 4 is 11.7 Å². The van der Waals surface area contributed by atoms with Crippen LogP contribution in [0.1, 0.15) is 17.5 Å². The number of ether oxygens (including phenoxy) is 2. The molecular formula is C20H21FN2O3. The molecule has 5 nitrogen and oxygen atoms in total. The van der Waals surface area contributed by atoms with Gasteiger partial charge in [-0.3, -0.25) is 4.90 Å². The molecule has 1 saturated heterocycles. The van der Waals surface area contributed by atoms with Crippen LogP contribution in [0.15, 0.2) is 48.5 Å². The first kappa shape index (κ1) is 17.0. The number of benzene rings is 2. The monoisotopic (exact) mass is 356 g/mol. The molecule has 0 unspecified atom stereocenters. The number of hydrogen-bond donors (Lipinski definition) is 1. The second-order valence-corrected chi connectivity index (χ2v) is 6.60. The SMILES string of the molecule is O=C(NCc1ccc(F)cc1)N1CCC2(Cc3ccccc31)OCCO2. The first-order valence-electron chi connectivity index (χ1n) is 8.81. The van der Waals surface area contributed by atoms with Gasteiger partial charge in [0.2, 0.25) is 0 Å². The van der Waals surface area contributed by atoms with Crippen LogP contribution < -0.4 is 10.2 Å². The van der Waals surface area contributed by atoms with Crippen LogP contribution in [-0.2, 0) is 22.4 Å². The number of para-hydroxylation sites is 1. The van der Waals surface area contributed by atoms with Crippen LogP contribution in [0.25, 0.3) is 0 Å². The normalized spacial score (nSPS) is 18.4. The van der Waals surface area contributed by atoms with Crippen molar-refractivity contribution in [2.24, 2.45) is 0 Å². The molecule has 0 bridgehead atoms. The Morgan fingerprint density at radius 2 is 1.85 bits per heavy atom. The van der Waals surface area contributed by atoms with Crippen LogP contribution >= 0.6 is 0 Å². The molecule has 0 aliphatic carbocycles. The summed E-state index contributed by atoms with van der Waals surface area (Å²) in [7, 11) is 0. The van der Waals surface area contributed by atoms with Crippen molar-refractivity contribution in [1.82, 2.24) is 5.32 Å². The van der Waals surface area contributed by atoms with E-state index in [0.29, 0.717) is 39.1 Å². The fourth-order valence-corrected chi connectivity index (χ4v) is 3.53. The summed E-state index contributed by atoms with van der Waals surface area (Å²) >= 11 is 0. The highest BCUT2D eigenvalue weighted by molar-refractivity contribution is 5.93. The average molecular weight is 356 g/mol. The molecule has 6 heteroatoms. The molecule has 4 rings (SSSR count). The van der Waals surface area contributed by atoms with Crippen molar-refractivity contribution in [1.29, 1.82) is 0 Å². The zero-order chi connectivity index (χ0) is 18.0. The Bertz CT molecular complexity index is 788. The number of nitrogens with one attached hydrogen (secondary N) is 1. The van der Waals surface area contributed by atoms with E-state index in [1.807, 2.05) is 24.3 Å². The van der Waals surface area contributed by atoms with Crippen molar-refractivity contribution in [2.75, 3.05) is 24.7 Å². The highest BCUT2D eigenvalue weighted by Gasteiger charge is 2.40. The summed E-state index contributed by atoms with van der Waals surface area (Å²) in [6.45, 7) is 2.01. The number of carbonyl (C=O) groups excluding carboxylic acids is 1. The Balaban J connectivity index is 1.51. The van der Waals surface area contributed by atoms with Gasteiger partial charge in [-0.2, -0.15) is 0 Å². The van der Waals surface area contributed by atoms with E-state index in [4.69, 9.17) is 9.47 Å². The summed E-state index contributed by atoms with van der Waals surface area (Å²) in [5, 5.41) is 2.92. The van der Waals surface area contributed by atoms with E-state index in [2.05, 4.69) is 5.32 Å². The summed E-state index contributed by atoms with van der Waals surface area (Å²) < 4.78 is 24.8. The Labute approximate surface area is 151 Å². The predicted molar refractivity (Wildman–Crippen MR) is 95.4 cm³/mol. The summed E-state index contributed by atoms with van der Waals surface area (Å²) in [5.41, 5.74) is 2.76. The first-order chi connectivity index (χ1) is 12.7. The van der Waals surface area contributed by atoms with Gasteiger partial charge in [0.15, 0.2) is 5.79 Å². The lowest BCUT2D eigenvalue weighted by atomic mass is 10.0. The van der Waals surface area contributed by atoms with Gasteiger partial charge in [0.25, 0.3) is 0 Å². The maximum atomic E-state index is 13.0. The minimum atomic E-state index is -0.637. The molecule has 0 atom stereocenters. The second-order valence-electron chi connectivity index (χ2n) is 6.60. The summed E-state index contributed by atoms with van der Waals surface area (Å²) in [6, 6.07) is 13.8. The molecular weight excluding hydrogens is 335 g/mol. The van der Waals surface area contributed by atoms with Gasteiger partial charge >= 0.3 is 6.03 Å². The Morgan fingerprint density at radius 1 is 1.12 bits per heavy atom. The first-order valence-corrected chi connectivity index (χ1v) is 8.81. The molecule has 26 heavy (non-hydrogen) atoms. The molecule has 0 saturated carbocycles. The van der Waals surface area contributed by atoms with Gasteiger partial charge in [0.05, 0.1) is 13.2 Å². The predicted octanol–water partition coefficient (Wildman–Crippen LogP) is 3.23. The van der Waals surface area contributed by atoms with Crippen molar-refractivity contribution in [3.63, 3.8) is 0 Å². The van der Waals surface area contributed by atoms with Crippen LogP contribution in [0.4, 0.5) is 14.9 Å². The van der Waals surface area contributed by atoms with E-state index in [0.717, 1.165) is 16.8 Å². The van der Waals surface area contributed by atoms with Crippen molar-refractivity contribution in [3.8, 4) is 0 Å². The molecule has 1 fully saturated rings. The molecule has 2 aliphatic heterocycles. The van der Waals surface area contributed by atoms with E-state index in [1.165, 1.54) is 12.1 Å². The Kier molecular flexibility index (Phi) is 4.61. The number of hydrogen-bond acceptors (Lipinski definition) is 3. The number of urea groups is 1. The lowest BCUT2D eigenvalue weighted by molar-refractivity contribution is -0.157. The highest BCUT2D eigenvalue weighted by atomic mass is 19.1. The summed E-state index contributed by atoms with van der Waals surface area (Å²) in [5.74, 6) is -0.925. The molecule has 2 aliphatic rings. The number of nitrogens with zero attached hydrogens (tertiary/aromatic N) is 1. The minimum Gasteiger partial charge on any atom is -0.347 e. The number of amides is 2. The van der Waals surface area contributed by atoms with Crippen LogP contribution in [0.3, 0.4) is 0 Å². The fraction of sp³-hybridized carbons (Fsp3) is 0.350. The maximum Gasteiger partial charge on any atom is 0.322 e. The molecule has 0 radical (unpaired) electrons. The van der Waals surface area contributed by atoms with E-state index < -0.39 is 5.79 Å². The number of rotatable bonds is 2. The maximum absolute atomic E-state index is 13.0. The van der Waals surface area contributed by atoms with Gasteiger partial charge in [-0.05, 0) is 29.3 Å². The zero-order valence-electron chi connectivity index (χ0n) is 14.4. The molecule has 1 spiro atoms. The second kappa shape index (κ2) is 7.05. The van der Waals surface area contributed by atoms with Crippen LogP contribution in [0.5, 0.6) is 0 Å². The standard InChI is InChI=1S/C20H21FN2O3/c21-17-7-5-15(6-8-17)14-22-19(24)23-10-9-20(25-11-12-26-20)13-16-3-1-2-4-18(16)23/h1-8H,9-14H2,(H,22,24). The lowest BCUT2D eigenvalue weighted by Crippen LogP contribution is -2.42. The quantitative estimate of drug-likeness (QED) is 0.899. The smallest absolute Gasteiger partial charge is 0.322 e. The van der Waals surface area contributed by atoms with Gasteiger partial charge in [0, 0.05) is 31.6 Å². The van der Waals surface area contributed by atoms with Gasteiger partial charge in [-0.1, -0.05) is 30.3 Å². The van der Waals surface area contributed by atoms with Gasteiger partial charge < -0.3 is 14.8 Å². The van der Waals surface area contributed by atoms with Crippen LogP contribution in [0.2, 0.25) is 0 Å². The van der Waals surface area contributed by atoms with E-state index in [-0.39, 0.29) is 11.8 Å². The molecule has 2 aromatic rings. The van der Waals surface area contributed by atoms with E-state index in [9.17, 15) is 9.18 Å². The fourth-order valence-electron chi connectivity index (χ4n) is 3.53. The van der Waals surface area contributed by atoms with Crippen LogP contribution in [-0.4, -0.2) is 31.6 Å². The number of anilines is 1. The number of fused-ring (bicyclic) bond motifs is 1. The molecule has 0 aromatic heterocycles. The van der Waals surface area contributed by atoms with E-state index in [1.54, 1.807) is 17.0 Å². The third-order valence-electron chi connectivity index (χ3n) is 4.87. The molecule has 2 heterocycles. The molecule has 2 aromatic carbocycles. The molecule has 136 valence electrons. The minimum absolute atomic E-state index is 0.183. The topological polar surface area (TPSA) is 50.8 Å². The Hall–Kier alpha value is -2.44. The van der Waals surface area contributed by atoms with E-state index >= 15 is 0 Å². The van der Waals surface area contributed by atoms with Crippen LogP contribution in [0, 0.1) is 5.82 Å². The molecule has 1 N–H and O–H groups in total. The number of carbonyl (C=O) groups is 1. The highest BCUT2D eigenvalue weighted by Crippen LogP contribution is 2.36. The summed E-state index contributed by atoms with van der Waals surface area (Å²) in [6.07, 6.45) is 1.25. The lowest BCUT2D eigenvalue weighted by Gasteiger charge is -2.26. The Morgan fingerprint density at radius 3 is 2.62 bits per heavy atom. The third-order valence-corrected chi connectivity index (χ3v) is 4.87. The van der Waals surface area contributed by atoms with Crippen molar-refractivity contribution in [3.05, 3.63) is 65.5 Å². The van der Waals surface area contributed by atoms with Gasteiger partial charge in [-0.15, -0.1) is 0 Å². The largest absolute Gasteiger partial charge is 0.347 e. The molecule has 2 amide bonds. The van der Waals surface area contributed by atoms with Gasteiger partial charge in [-0.25, -0.2) is 9.18 Å². The zero-order valence-corrected chi connectivity index (χ0v) is 14.4. The average Bonchev–Trinajstić information content (AvgIpc) is 3.04. The third kappa shape index (κ3) is 3.43. The van der Waals surface area contributed by atoms with Gasteiger partial charge in [0.1, 0.15) is 5.82 Å². The number of halogens is 1. The summed E-state index contributed by atoms with van der Waals surface area (Å²) in [4.78, 5) is 14.6. The van der Waals surface area contributed by atoms with Crippen molar-refractivity contribution < 1.29 is 18.7 Å². The van der Waals surface area contributed by atoms with Crippen molar-refractivity contribution in [2.45, 2.75) is 25.2 Å².